The molecule has 3 rings (SSSR count). The number of nitrogen functional groups attached to an aromatic ring is 1. The summed E-state index contributed by atoms with van der Waals surface area (Å²) in [5.41, 5.74) is 12.5. The third-order valence-corrected chi connectivity index (χ3v) is 3.87. The number of hydrogen-bond donors (Lipinski definition) is 4. The predicted octanol–water partition coefficient (Wildman–Crippen LogP) is -0.580. The number of ether oxygens (including phenoxy) is 1. The number of aliphatic hydroxyl groups excluding tert-OH is 2. The van der Waals surface area contributed by atoms with Gasteiger partial charge in [0, 0.05) is 4.91 Å². The van der Waals surface area contributed by atoms with Gasteiger partial charge in [-0.1, -0.05) is 5.11 Å². The zero-order chi connectivity index (χ0) is 16.8. The van der Waals surface area contributed by atoms with Crippen LogP contribution in [-0.2, 0) is 4.74 Å². The number of aromatic nitrogens is 4. The molecular weight excluding hydrogens is 376 g/mol. The normalized spacial score (nSPS) is 30.5. The van der Waals surface area contributed by atoms with Crippen LogP contribution in [0.15, 0.2) is 16.2 Å². The van der Waals surface area contributed by atoms with Gasteiger partial charge in [-0.3, -0.25) is 4.57 Å². The lowest BCUT2D eigenvalue weighted by Crippen LogP contribution is -2.45. The van der Waals surface area contributed by atoms with E-state index >= 15 is 0 Å². The van der Waals surface area contributed by atoms with Crippen molar-refractivity contribution in [2.45, 2.75) is 24.2 Å². The second-order valence-electron chi connectivity index (χ2n) is 4.83. The Morgan fingerprint density at radius 2 is 2.30 bits per heavy atom. The van der Waals surface area contributed by atoms with Gasteiger partial charge in [-0.2, -0.15) is 0 Å². The molecule has 4 atom stereocenters. The lowest BCUT2D eigenvalue weighted by molar-refractivity contribution is -0.103. The van der Waals surface area contributed by atoms with Crippen molar-refractivity contribution in [2.24, 2.45) is 5.11 Å². The summed E-state index contributed by atoms with van der Waals surface area (Å²) in [5.74, 6) is 0.0882. The predicted molar refractivity (Wildman–Crippen MR) is 78.5 cm³/mol. The van der Waals surface area contributed by atoms with Crippen molar-refractivity contribution < 1.29 is 20.1 Å². The molecule has 0 bridgehead atoms. The zero-order valence-electron chi connectivity index (χ0n) is 11.4. The Morgan fingerprint density at radius 1 is 1.57 bits per heavy atom. The first-order valence-electron chi connectivity index (χ1n) is 6.31. The van der Waals surface area contributed by atoms with E-state index < -0.39 is 30.8 Å². The van der Waals surface area contributed by atoms with Crippen molar-refractivity contribution in [3.05, 3.63) is 21.5 Å². The van der Waals surface area contributed by atoms with Gasteiger partial charge in [0.2, 0.25) is 10.5 Å². The molecule has 0 unspecified atom stereocenters. The average molecular weight is 387 g/mol. The molecule has 0 radical (unpaired) electrons. The summed E-state index contributed by atoms with van der Waals surface area (Å²) in [6.07, 6.45) is -2.92. The second-order valence-corrected chi connectivity index (χ2v) is 5.54. The molecule has 122 valence electrons. The number of fused-ring (bicyclic) bond motifs is 1. The van der Waals surface area contributed by atoms with Gasteiger partial charge in [0.1, 0.15) is 17.7 Å². The van der Waals surface area contributed by atoms with Crippen molar-refractivity contribution in [2.75, 3.05) is 12.3 Å². The monoisotopic (exact) mass is 386 g/mol. The number of azide groups is 1. The second kappa shape index (κ2) is 5.56. The smallest absolute Gasteiger partial charge is 0.217 e. The fourth-order valence-corrected chi connectivity index (χ4v) is 2.79. The quantitative estimate of drug-likeness (QED) is 0.233. The van der Waals surface area contributed by atoms with Crippen molar-refractivity contribution in [3.8, 4) is 0 Å². The lowest BCUT2D eigenvalue weighted by Gasteiger charge is -2.26. The van der Waals surface area contributed by atoms with Gasteiger partial charge in [-0.25, -0.2) is 15.0 Å². The number of imidazole rings is 1. The minimum atomic E-state index is -2.36. The molecule has 0 aromatic carbocycles. The highest BCUT2D eigenvalue weighted by Gasteiger charge is 2.56. The van der Waals surface area contributed by atoms with Gasteiger partial charge in [0.15, 0.2) is 17.7 Å². The molecule has 0 aliphatic carbocycles. The van der Waals surface area contributed by atoms with E-state index in [4.69, 9.17) is 16.0 Å². The molecule has 2 aromatic heterocycles. The van der Waals surface area contributed by atoms with E-state index in [9.17, 15) is 15.3 Å². The summed E-state index contributed by atoms with van der Waals surface area (Å²) >= 11 is 3.09. The van der Waals surface area contributed by atoms with E-state index in [0.717, 1.165) is 0 Å². The molecule has 0 saturated carbocycles. The minimum Gasteiger partial charge on any atom is -0.394 e. The molecule has 5 N–H and O–H groups in total. The maximum Gasteiger partial charge on any atom is 0.217 e. The molecular formula is C10H11BrN8O4. The summed E-state index contributed by atoms with van der Waals surface area (Å²) in [6, 6.07) is 0. The Labute approximate surface area is 136 Å². The highest BCUT2D eigenvalue weighted by molar-refractivity contribution is 9.10. The third kappa shape index (κ3) is 2.30. The topological polar surface area (TPSA) is 188 Å². The highest BCUT2D eigenvalue weighted by Crippen LogP contribution is 2.41. The summed E-state index contributed by atoms with van der Waals surface area (Å²) in [7, 11) is 0. The molecule has 23 heavy (non-hydrogen) atoms. The Balaban J connectivity index is 2.18. The van der Waals surface area contributed by atoms with Crippen LogP contribution in [-0.4, -0.2) is 59.4 Å². The molecule has 12 nitrogen and oxygen atoms in total. The van der Waals surface area contributed by atoms with Crippen molar-refractivity contribution >= 4 is 32.9 Å². The van der Waals surface area contributed by atoms with Crippen LogP contribution in [0.25, 0.3) is 21.6 Å². The number of halogens is 1. The van der Waals surface area contributed by atoms with Crippen LogP contribution < -0.4 is 5.73 Å². The number of hydrogen-bond acceptors (Lipinski definition) is 9. The number of nitrogens with zero attached hydrogens (tertiary/aromatic N) is 7. The maximum absolute atomic E-state index is 10.5. The van der Waals surface area contributed by atoms with E-state index in [2.05, 4.69) is 40.9 Å². The first-order valence-corrected chi connectivity index (χ1v) is 7.10. The van der Waals surface area contributed by atoms with E-state index in [0.29, 0.717) is 0 Å². The van der Waals surface area contributed by atoms with Crippen molar-refractivity contribution in [3.63, 3.8) is 0 Å². The van der Waals surface area contributed by atoms with Crippen molar-refractivity contribution in [1.29, 1.82) is 0 Å². The number of rotatable bonds is 3. The molecule has 1 fully saturated rings. The van der Waals surface area contributed by atoms with Gasteiger partial charge < -0.3 is 25.8 Å². The Morgan fingerprint density at radius 3 is 2.96 bits per heavy atom. The van der Waals surface area contributed by atoms with E-state index in [1.54, 1.807) is 0 Å². The molecule has 0 amide bonds. The molecule has 0 spiro atoms. The molecule has 1 aliphatic heterocycles. The van der Waals surface area contributed by atoms with Crippen LogP contribution in [0.5, 0.6) is 0 Å². The zero-order valence-corrected chi connectivity index (χ0v) is 12.9. The van der Waals surface area contributed by atoms with Crippen molar-refractivity contribution in [1.82, 2.24) is 19.5 Å². The van der Waals surface area contributed by atoms with Crippen LogP contribution in [0, 0.1) is 0 Å². The standard InChI is InChI=1S/C10H11BrN8O4/c11-9-15-6(12)4-7(16-9)19(2-14-4)8-10(22,17-18-13)5(21)3(1-20)23-8/h2-3,5,8,20-22H,1H2,(H2,12,15,16)/t3-,5-,8-,10-/m1/s1. The number of anilines is 1. The van der Waals surface area contributed by atoms with E-state index in [1.165, 1.54) is 10.9 Å². The molecule has 13 heteroatoms. The average Bonchev–Trinajstić information content (AvgIpc) is 3.01. The van der Waals surface area contributed by atoms with Crippen LogP contribution >= 0.6 is 15.9 Å². The molecule has 1 saturated heterocycles. The summed E-state index contributed by atoms with van der Waals surface area (Å²) in [6.45, 7) is -0.589. The minimum absolute atomic E-state index is 0.0882. The van der Waals surface area contributed by atoms with Gasteiger partial charge in [0.05, 0.1) is 12.9 Å². The number of aliphatic hydroxyl groups is 3. The molecule has 2 aromatic rings. The van der Waals surface area contributed by atoms with Crippen LogP contribution in [0.3, 0.4) is 0 Å². The lowest BCUT2D eigenvalue weighted by atomic mass is 10.0. The SMILES string of the molecule is [N-]=[N+]=N[C@@]1(O)[C@H](O)[C@@H](CO)O[C@H]1n1cnc2c(N)nc(Br)nc21. The molecule has 1 aliphatic rings. The summed E-state index contributed by atoms with van der Waals surface area (Å²) in [5, 5.41) is 33.1. The largest absolute Gasteiger partial charge is 0.394 e. The van der Waals surface area contributed by atoms with Crippen LogP contribution in [0.1, 0.15) is 6.23 Å². The third-order valence-electron chi connectivity index (χ3n) is 3.51. The Kier molecular flexibility index (Phi) is 3.83. The first-order chi connectivity index (χ1) is 10.9. The van der Waals surface area contributed by atoms with Gasteiger partial charge in [0.25, 0.3) is 0 Å². The van der Waals surface area contributed by atoms with Crippen LogP contribution in [0.2, 0.25) is 0 Å². The summed E-state index contributed by atoms with van der Waals surface area (Å²) in [4.78, 5) is 14.6. The fourth-order valence-electron chi connectivity index (χ4n) is 2.44. The number of nitrogens with two attached hydrogens (primary N) is 1. The Bertz CT molecular complexity index is 808. The maximum atomic E-state index is 10.5. The van der Waals surface area contributed by atoms with E-state index in [-0.39, 0.29) is 21.7 Å². The van der Waals surface area contributed by atoms with Crippen LogP contribution in [0.4, 0.5) is 5.82 Å². The fraction of sp³-hybridized carbons (Fsp3) is 0.500. The van der Waals surface area contributed by atoms with Gasteiger partial charge in [-0.15, -0.1) is 0 Å². The molecule has 3 heterocycles. The first kappa shape index (κ1) is 15.9. The van der Waals surface area contributed by atoms with Gasteiger partial charge in [-0.05, 0) is 21.5 Å². The van der Waals surface area contributed by atoms with Gasteiger partial charge >= 0.3 is 0 Å². The highest BCUT2D eigenvalue weighted by atomic mass is 79.9. The van der Waals surface area contributed by atoms with E-state index in [1.807, 2.05) is 0 Å². The summed E-state index contributed by atoms with van der Waals surface area (Å²) < 4.78 is 6.83. The Hall–Kier alpha value is -2.02.